The smallest absolute Gasteiger partial charge is 0.194 e. The minimum atomic E-state index is 0.0249. The molecule has 2 N–H and O–H groups in total. The van der Waals surface area contributed by atoms with E-state index in [0.29, 0.717) is 13.1 Å². The third kappa shape index (κ3) is 4.24. The van der Waals surface area contributed by atoms with E-state index < -0.39 is 0 Å². The lowest BCUT2D eigenvalue weighted by atomic mass is 10.1. The topological polar surface area (TPSA) is 61.0 Å². The van der Waals surface area contributed by atoms with Gasteiger partial charge < -0.3 is 19.7 Å². The first-order valence-corrected chi connectivity index (χ1v) is 8.85. The molecular weight excluding hydrogens is 326 g/mol. The number of hydrogen-bond donors (Lipinski definition) is 2. The molecule has 0 aliphatic heterocycles. The standard InChI is InChI=1S/C21H25N3O2/c1-3-22-21(23-13-17-9-4-5-10-18(17)15-25)24(2)14-19-12-16-8-6-7-11-20(16)26-19/h4-12,25H,3,13-15H2,1-2H3,(H,22,23). The van der Waals surface area contributed by atoms with E-state index >= 15 is 0 Å². The van der Waals surface area contributed by atoms with Gasteiger partial charge in [0.2, 0.25) is 0 Å². The molecule has 26 heavy (non-hydrogen) atoms. The van der Waals surface area contributed by atoms with Crippen LogP contribution in [-0.2, 0) is 19.7 Å². The summed E-state index contributed by atoms with van der Waals surface area (Å²) in [4.78, 5) is 6.77. The molecule has 0 bridgehead atoms. The molecule has 0 amide bonds. The van der Waals surface area contributed by atoms with Gasteiger partial charge in [0.05, 0.1) is 19.7 Å². The van der Waals surface area contributed by atoms with Crippen molar-refractivity contribution in [1.29, 1.82) is 0 Å². The van der Waals surface area contributed by atoms with Crippen molar-refractivity contribution >= 4 is 16.9 Å². The normalized spacial score (nSPS) is 11.7. The maximum absolute atomic E-state index is 9.47. The van der Waals surface area contributed by atoms with Crippen LogP contribution in [-0.4, -0.2) is 29.6 Å². The van der Waals surface area contributed by atoms with E-state index in [2.05, 4.69) is 11.4 Å². The van der Waals surface area contributed by atoms with Crippen molar-refractivity contribution in [3.05, 3.63) is 71.5 Å². The van der Waals surface area contributed by atoms with Gasteiger partial charge in [0.25, 0.3) is 0 Å². The molecule has 0 spiro atoms. The highest BCUT2D eigenvalue weighted by Crippen LogP contribution is 2.19. The van der Waals surface area contributed by atoms with Gasteiger partial charge in [-0.15, -0.1) is 0 Å². The summed E-state index contributed by atoms with van der Waals surface area (Å²) in [5, 5.41) is 13.9. The lowest BCUT2D eigenvalue weighted by Gasteiger charge is -2.21. The van der Waals surface area contributed by atoms with Crippen LogP contribution in [0.2, 0.25) is 0 Å². The first-order chi connectivity index (χ1) is 12.7. The van der Waals surface area contributed by atoms with Crippen molar-refractivity contribution in [2.75, 3.05) is 13.6 Å². The number of rotatable bonds is 6. The van der Waals surface area contributed by atoms with E-state index in [0.717, 1.165) is 40.4 Å². The Kier molecular flexibility index (Phi) is 5.92. The summed E-state index contributed by atoms with van der Waals surface area (Å²) < 4.78 is 5.91. The molecule has 0 saturated heterocycles. The number of furan rings is 1. The second-order valence-corrected chi connectivity index (χ2v) is 6.20. The summed E-state index contributed by atoms with van der Waals surface area (Å²) in [5.74, 6) is 1.70. The van der Waals surface area contributed by atoms with Gasteiger partial charge in [0.15, 0.2) is 5.96 Å². The van der Waals surface area contributed by atoms with Crippen LogP contribution in [0, 0.1) is 0 Å². The van der Waals surface area contributed by atoms with Gasteiger partial charge in [-0.2, -0.15) is 0 Å². The summed E-state index contributed by atoms with van der Waals surface area (Å²) >= 11 is 0. The minimum absolute atomic E-state index is 0.0249. The average Bonchev–Trinajstić information content (AvgIpc) is 3.07. The van der Waals surface area contributed by atoms with E-state index in [1.807, 2.05) is 67.4 Å². The minimum Gasteiger partial charge on any atom is -0.459 e. The van der Waals surface area contributed by atoms with Crippen molar-refractivity contribution in [3.8, 4) is 0 Å². The molecule has 1 heterocycles. The fourth-order valence-corrected chi connectivity index (χ4v) is 2.92. The van der Waals surface area contributed by atoms with Gasteiger partial charge in [-0.05, 0) is 30.2 Å². The van der Waals surface area contributed by atoms with E-state index in [1.54, 1.807) is 0 Å². The summed E-state index contributed by atoms with van der Waals surface area (Å²) in [6.45, 7) is 4.00. The molecule has 0 unspecified atom stereocenters. The summed E-state index contributed by atoms with van der Waals surface area (Å²) in [5.41, 5.74) is 2.84. The Bertz CT molecular complexity index is 853. The highest BCUT2D eigenvalue weighted by molar-refractivity contribution is 5.80. The lowest BCUT2D eigenvalue weighted by molar-refractivity contribution is 0.280. The lowest BCUT2D eigenvalue weighted by Crippen LogP contribution is -2.38. The first-order valence-electron chi connectivity index (χ1n) is 8.85. The van der Waals surface area contributed by atoms with Gasteiger partial charge >= 0.3 is 0 Å². The van der Waals surface area contributed by atoms with Crippen molar-refractivity contribution in [2.45, 2.75) is 26.6 Å². The molecule has 5 heteroatoms. The zero-order chi connectivity index (χ0) is 18.4. The van der Waals surface area contributed by atoms with Crippen LogP contribution in [0.15, 0.2) is 64.0 Å². The fourth-order valence-electron chi connectivity index (χ4n) is 2.92. The van der Waals surface area contributed by atoms with Gasteiger partial charge in [-0.25, -0.2) is 4.99 Å². The number of aliphatic hydroxyl groups is 1. The molecule has 2 aromatic carbocycles. The molecule has 0 aliphatic carbocycles. The Morgan fingerprint density at radius 2 is 1.85 bits per heavy atom. The number of aliphatic imine (C=N–C) groups is 1. The molecule has 0 radical (unpaired) electrons. The second kappa shape index (κ2) is 8.54. The van der Waals surface area contributed by atoms with E-state index in [1.165, 1.54) is 0 Å². The summed E-state index contributed by atoms with van der Waals surface area (Å²) in [6, 6.07) is 17.9. The predicted molar refractivity (Wildman–Crippen MR) is 105 cm³/mol. The van der Waals surface area contributed by atoms with Gasteiger partial charge in [0.1, 0.15) is 11.3 Å². The zero-order valence-corrected chi connectivity index (χ0v) is 15.3. The Hall–Kier alpha value is -2.79. The van der Waals surface area contributed by atoms with Crippen molar-refractivity contribution in [3.63, 3.8) is 0 Å². The SMILES string of the molecule is CCNC(=NCc1ccccc1CO)N(C)Cc1cc2ccccc2o1. The highest BCUT2D eigenvalue weighted by Gasteiger charge is 2.10. The van der Waals surface area contributed by atoms with Crippen LogP contribution < -0.4 is 5.32 Å². The molecule has 0 fully saturated rings. The summed E-state index contributed by atoms with van der Waals surface area (Å²) in [6.07, 6.45) is 0. The maximum atomic E-state index is 9.47. The van der Waals surface area contributed by atoms with Crippen LogP contribution >= 0.6 is 0 Å². The molecule has 136 valence electrons. The second-order valence-electron chi connectivity index (χ2n) is 6.20. The van der Waals surface area contributed by atoms with Crippen LogP contribution in [0.3, 0.4) is 0 Å². The molecule has 3 rings (SSSR count). The fraction of sp³-hybridized carbons (Fsp3) is 0.286. The van der Waals surface area contributed by atoms with E-state index in [-0.39, 0.29) is 6.61 Å². The van der Waals surface area contributed by atoms with Crippen LogP contribution in [0.1, 0.15) is 23.8 Å². The number of guanidine groups is 1. The maximum Gasteiger partial charge on any atom is 0.194 e. The van der Waals surface area contributed by atoms with Gasteiger partial charge in [0, 0.05) is 19.0 Å². The number of fused-ring (bicyclic) bond motifs is 1. The Morgan fingerprint density at radius 1 is 1.12 bits per heavy atom. The molecule has 0 atom stereocenters. The van der Waals surface area contributed by atoms with Gasteiger partial charge in [-0.3, -0.25) is 0 Å². The Balaban J connectivity index is 1.75. The number of hydrogen-bond acceptors (Lipinski definition) is 3. The molecule has 0 saturated carbocycles. The van der Waals surface area contributed by atoms with E-state index in [9.17, 15) is 5.11 Å². The van der Waals surface area contributed by atoms with Crippen molar-refractivity contribution < 1.29 is 9.52 Å². The number of nitrogens with one attached hydrogen (secondary N) is 1. The van der Waals surface area contributed by atoms with Crippen molar-refractivity contribution in [1.82, 2.24) is 10.2 Å². The molecular formula is C21H25N3O2. The molecule has 0 aliphatic rings. The highest BCUT2D eigenvalue weighted by atomic mass is 16.3. The third-order valence-corrected chi connectivity index (χ3v) is 4.25. The molecule has 3 aromatic rings. The number of nitrogens with zero attached hydrogens (tertiary/aromatic N) is 2. The molecule has 5 nitrogen and oxygen atoms in total. The Morgan fingerprint density at radius 3 is 2.58 bits per heavy atom. The van der Waals surface area contributed by atoms with Crippen LogP contribution in [0.25, 0.3) is 11.0 Å². The monoisotopic (exact) mass is 351 g/mol. The zero-order valence-electron chi connectivity index (χ0n) is 15.3. The predicted octanol–water partition coefficient (Wildman–Crippen LogP) is 3.52. The number of para-hydroxylation sites is 1. The molecule has 1 aromatic heterocycles. The van der Waals surface area contributed by atoms with Gasteiger partial charge in [-0.1, -0.05) is 42.5 Å². The van der Waals surface area contributed by atoms with Crippen molar-refractivity contribution in [2.24, 2.45) is 4.99 Å². The quantitative estimate of drug-likeness (QED) is 0.527. The first kappa shape index (κ1) is 18.0. The average molecular weight is 351 g/mol. The third-order valence-electron chi connectivity index (χ3n) is 4.25. The van der Waals surface area contributed by atoms with E-state index in [4.69, 9.17) is 9.41 Å². The number of benzene rings is 2. The Labute approximate surface area is 154 Å². The van der Waals surface area contributed by atoms with Crippen LogP contribution in [0.4, 0.5) is 0 Å². The number of aliphatic hydroxyl groups excluding tert-OH is 1. The van der Waals surface area contributed by atoms with Crippen LogP contribution in [0.5, 0.6) is 0 Å². The summed E-state index contributed by atoms with van der Waals surface area (Å²) in [7, 11) is 1.99. The largest absolute Gasteiger partial charge is 0.459 e.